The number of aromatic nitrogens is 2. The Labute approximate surface area is 130 Å². The SMILES string of the molecule is O=C(c1ccc2c(c1)CCC2)N1CCC[C@@H](c2ccn[nH]2)C1. The highest BCUT2D eigenvalue weighted by Gasteiger charge is 2.26. The maximum Gasteiger partial charge on any atom is 0.253 e. The lowest BCUT2D eigenvalue weighted by Gasteiger charge is -2.32. The summed E-state index contributed by atoms with van der Waals surface area (Å²) in [6, 6.07) is 8.29. The van der Waals surface area contributed by atoms with Crippen molar-refractivity contribution in [2.24, 2.45) is 0 Å². The molecule has 4 rings (SSSR count). The number of aryl methyl sites for hydroxylation is 2. The molecule has 1 amide bonds. The molecule has 1 atom stereocenters. The minimum absolute atomic E-state index is 0.180. The number of carbonyl (C=O) groups excluding carboxylic acids is 1. The second-order valence-corrected chi connectivity index (χ2v) is 6.44. The molecular weight excluding hydrogens is 274 g/mol. The van der Waals surface area contributed by atoms with Crippen molar-refractivity contribution in [1.82, 2.24) is 15.1 Å². The average molecular weight is 295 g/mol. The molecule has 4 heteroatoms. The quantitative estimate of drug-likeness (QED) is 0.926. The summed E-state index contributed by atoms with van der Waals surface area (Å²) in [4.78, 5) is 14.8. The molecule has 1 aromatic carbocycles. The Morgan fingerprint density at radius 2 is 2.09 bits per heavy atom. The summed E-state index contributed by atoms with van der Waals surface area (Å²) in [6.45, 7) is 1.65. The maximum absolute atomic E-state index is 12.8. The van der Waals surface area contributed by atoms with Crippen LogP contribution in [0.15, 0.2) is 30.5 Å². The lowest BCUT2D eigenvalue weighted by molar-refractivity contribution is 0.0706. The van der Waals surface area contributed by atoms with Crippen LogP contribution in [0.25, 0.3) is 0 Å². The standard InChI is InChI=1S/C18H21N3O/c22-18(15-7-6-13-3-1-4-14(13)11-15)21-10-2-5-16(12-21)17-8-9-19-20-17/h6-9,11,16H,1-5,10,12H2,(H,19,20)/t16-/m1/s1. The lowest BCUT2D eigenvalue weighted by atomic mass is 9.94. The second-order valence-electron chi connectivity index (χ2n) is 6.44. The summed E-state index contributed by atoms with van der Waals surface area (Å²) in [5.41, 5.74) is 4.79. The van der Waals surface area contributed by atoms with Crippen molar-refractivity contribution in [2.45, 2.75) is 38.0 Å². The topological polar surface area (TPSA) is 49.0 Å². The summed E-state index contributed by atoms with van der Waals surface area (Å²) >= 11 is 0. The first-order chi connectivity index (χ1) is 10.8. The van der Waals surface area contributed by atoms with Gasteiger partial charge in [-0.05, 0) is 61.4 Å². The van der Waals surface area contributed by atoms with Gasteiger partial charge < -0.3 is 4.90 Å². The second kappa shape index (κ2) is 5.59. The van der Waals surface area contributed by atoms with Gasteiger partial charge in [0, 0.05) is 36.5 Å². The molecule has 22 heavy (non-hydrogen) atoms. The van der Waals surface area contributed by atoms with Crippen molar-refractivity contribution < 1.29 is 4.79 Å². The summed E-state index contributed by atoms with van der Waals surface area (Å²) in [5, 5.41) is 7.09. The van der Waals surface area contributed by atoms with Crippen LogP contribution in [0.1, 0.15) is 52.4 Å². The van der Waals surface area contributed by atoms with Crippen LogP contribution in [-0.2, 0) is 12.8 Å². The first-order valence-corrected chi connectivity index (χ1v) is 8.21. The fraction of sp³-hybridized carbons (Fsp3) is 0.444. The average Bonchev–Trinajstić information content (AvgIpc) is 3.25. The Morgan fingerprint density at radius 1 is 1.18 bits per heavy atom. The monoisotopic (exact) mass is 295 g/mol. The van der Waals surface area contributed by atoms with E-state index in [4.69, 9.17) is 0 Å². The maximum atomic E-state index is 12.8. The van der Waals surface area contributed by atoms with E-state index in [0.717, 1.165) is 50.0 Å². The molecule has 1 aliphatic carbocycles. The van der Waals surface area contributed by atoms with Gasteiger partial charge >= 0.3 is 0 Å². The van der Waals surface area contributed by atoms with Crippen LogP contribution in [0, 0.1) is 0 Å². The third kappa shape index (κ3) is 2.43. The molecule has 114 valence electrons. The number of fused-ring (bicyclic) bond motifs is 1. The molecule has 0 radical (unpaired) electrons. The van der Waals surface area contributed by atoms with Gasteiger partial charge in [0.2, 0.25) is 0 Å². The van der Waals surface area contributed by atoms with Gasteiger partial charge in [-0.2, -0.15) is 5.10 Å². The number of benzene rings is 1. The summed E-state index contributed by atoms with van der Waals surface area (Å²) in [6.07, 6.45) is 7.47. The molecule has 2 aromatic rings. The molecule has 0 unspecified atom stereocenters. The zero-order chi connectivity index (χ0) is 14.9. The van der Waals surface area contributed by atoms with Crippen LogP contribution < -0.4 is 0 Å². The number of nitrogens with one attached hydrogen (secondary N) is 1. The predicted molar refractivity (Wildman–Crippen MR) is 84.9 cm³/mol. The Kier molecular flexibility index (Phi) is 3.45. The number of rotatable bonds is 2. The van der Waals surface area contributed by atoms with Crippen LogP contribution in [-0.4, -0.2) is 34.1 Å². The molecule has 1 saturated heterocycles. The van der Waals surface area contributed by atoms with Gasteiger partial charge in [0.25, 0.3) is 5.91 Å². The van der Waals surface area contributed by atoms with Gasteiger partial charge in [-0.15, -0.1) is 0 Å². The van der Waals surface area contributed by atoms with E-state index in [2.05, 4.69) is 22.3 Å². The zero-order valence-electron chi connectivity index (χ0n) is 12.7. The van der Waals surface area contributed by atoms with Gasteiger partial charge in [0.05, 0.1) is 0 Å². The zero-order valence-corrected chi connectivity index (χ0v) is 12.7. The van der Waals surface area contributed by atoms with E-state index in [1.54, 1.807) is 6.20 Å². The number of hydrogen-bond acceptors (Lipinski definition) is 2. The van der Waals surface area contributed by atoms with Crippen molar-refractivity contribution in [1.29, 1.82) is 0 Å². The highest BCUT2D eigenvalue weighted by Crippen LogP contribution is 2.28. The smallest absolute Gasteiger partial charge is 0.253 e. The number of aromatic amines is 1. The summed E-state index contributed by atoms with van der Waals surface area (Å²) < 4.78 is 0. The van der Waals surface area contributed by atoms with Crippen LogP contribution in [0.3, 0.4) is 0 Å². The van der Waals surface area contributed by atoms with Crippen LogP contribution in [0.4, 0.5) is 0 Å². The normalized spacial score (nSPS) is 20.9. The molecule has 1 N–H and O–H groups in total. The molecule has 1 aromatic heterocycles. The van der Waals surface area contributed by atoms with Gasteiger partial charge in [-0.3, -0.25) is 9.89 Å². The molecule has 2 heterocycles. The number of H-pyrrole nitrogens is 1. The number of amides is 1. The third-order valence-corrected chi connectivity index (χ3v) is 5.02. The van der Waals surface area contributed by atoms with Crippen LogP contribution in [0.2, 0.25) is 0 Å². The van der Waals surface area contributed by atoms with Crippen molar-refractivity contribution in [2.75, 3.05) is 13.1 Å². The molecule has 1 aliphatic heterocycles. The third-order valence-electron chi connectivity index (χ3n) is 5.02. The molecule has 0 bridgehead atoms. The molecule has 0 spiro atoms. The molecule has 4 nitrogen and oxygen atoms in total. The molecule has 1 fully saturated rings. The predicted octanol–water partition coefficient (Wildman–Crippen LogP) is 2.92. The Bertz CT molecular complexity index is 678. The molecular formula is C18H21N3O. The van der Waals surface area contributed by atoms with Gasteiger partial charge in [0.1, 0.15) is 0 Å². The summed E-state index contributed by atoms with van der Waals surface area (Å²) in [5.74, 6) is 0.563. The number of piperidine rings is 1. The number of carbonyl (C=O) groups is 1. The van der Waals surface area contributed by atoms with Gasteiger partial charge in [-0.25, -0.2) is 0 Å². The Balaban J connectivity index is 1.52. The van der Waals surface area contributed by atoms with E-state index in [1.807, 2.05) is 17.0 Å². The van der Waals surface area contributed by atoms with E-state index in [-0.39, 0.29) is 5.91 Å². The Hall–Kier alpha value is -2.10. The van der Waals surface area contributed by atoms with E-state index in [1.165, 1.54) is 17.5 Å². The van der Waals surface area contributed by atoms with Crippen molar-refractivity contribution in [3.8, 4) is 0 Å². The fourth-order valence-electron chi connectivity index (χ4n) is 3.80. The molecule has 2 aliphatic rings. The van der Waals surface area contributed by atoms with Gasteiger partial charge in [-0.1, -0.05) is 6.07 Å². The highest BCUT2D eigenvalue weighted by atomic mass is 16.2. The van der Waals surface area contributed by atoms with Gasteiger partial charge in [0.15, 0.2) is 0 Å². The van der Waals surface area contributed by atoms with Crippen LogP contribution in [0.5, 0.6) is 0 Å². The first kappa shape index (κ1) is 13.6. The van der Waals surface area contributed by atoms with E-state index in [9.17, 15) is 4.79 Å². The minimum Gasteiger partial charge on any atom is -0.338 e. The Morgan fingerprint density at radius 3 is 2.95 bits per heavy atom. The van der Waals surface area contributed by atoms with Crippen molar-refractivity contribution >= 4 is 5.91 Å². The number of likely N-dealkylation sites (tertiary alicyclic amines) is 1. The van der Waals surface area contributed by atoms with Crippen molar-refractivity contribution in [3.05, 3.63) is 52.8 Å². The van der Waals surface area contributed by atoms with E-state index < -0.39 is 0 Å². The van der Waals surface area contributed by atoms with Crippen molar-refractivity contribution in [3.63, 3.8) is 0 Å². The van der Waals surface area contributed by atoms with E-state index in [0.29, 0.717) is 5.92 Å². The highest BCUT2D eigenvalue weighted by molar-refractivity contribution is 5.94. The minimum atomic E-state index is 0.180. The largest absolute Gasteiger partial charge is 0.338 e. The lowest BCUT2D eigenvalue weighted by Crippen LogP contribution is -2.39. The number of nitrogens with zero attached hydrogens (tertiary/aromatic N) is 2. The van der Waals surface area contributed by atoms with Crippen LogP contribution >= 0.6 is 0 Å². The van der Waals surface area contributed by atoms with E-state index >= 15 is 0 Å². The fourth-order valence-corrected chi connectivity index (χ4v) is 3.80. The molecule has 0 saturated carbocycles. The number of hydrogen-bond donors (Lipinski definition) is 1. The first-order valence-electron chi connectivity index (χ1n) is 8.21. The summed E-state index contributed by atoms with van der Waals surface area (Å²) in [7, 11) is 0.